The maximum absolute atomic E-state index is 12.6. The SMILES string of the molecule is NCc1nc(C(=O)N2CCCC(C(=O)Nc3ccc(Cl)cn3)C2)cs1. The van der Waals surface area contributed by atoms with Crippen molar-refractivity contribution in [3.8, 4) is 0 Å². The number of halogens is 1. The van der Waals surface area contributed by atoms with Gasteiger partial charge in [-0.15, -0.1) is 11.3 Å². The van der Waals surface area contributed by atoms with Crippen LogP contribution in [0.4, 0.5) is 5.82 Å². The lowest BCUT2D eigenvalue weighted by Gasteiger charge is -2.31. The zero-order valence-electron chi connectivity index (χ0n) is 13.4. The quantitative estimate of drug-likeness (QED) is 0.847. The minimum Gasteiger partial charge on any atom is -0.336 e. The minimum atomic E-state index is -0.275. The van der Waals surface area contributed by atoms with Gasteiger partial charge < -0.3 is 16.0 Å². The number of thiazole rings is 1. The highest BCUT2D eigenvalue weighted by Crippen LogP contribution is 2.21. The Hall–Kier alpha value is -2.03. The van der Waals surface area contributed by atoms with E-state index in [2.05, 4.69) is 15.3 Å². The zero-order chi connectivity index (χ0) is 17.8. The van der Waals surface area contributed by atoms with Gasteiger partial charge >= 0.3 is 0 Å². The molecule has 0 radical (unpaired) electrons. The first kappa shape index (κ1) is 17.8. The summed E-state index contributed by atoms with van der Waals surface area (Å²) in [5, 5.41) is 5.72. The van der Waals surface area contributed by atoms with Crippen molar-refractivity contribution in [3.05, 3.63) is 39.4 Å². The van der Waals surface area contributed by atoms with Crippen molar-refractivity contribution >= 4 is 40.6 Å². The molecule has 2 amide bonds. The maximum atomic E-state index is 12.6. The molecule has 0 bridgehead atoms. The molecule has 7 nitrogen and oxygen atoms in total. The lowest BCUT2D eigenvalue weighted by Crippen LogP contribution is -2.44. The number of aromatic nitrogens is 2. The van der Waals surface area contributed by atoms with Crippen molar-refractivity contribution < 1.29 is 9.59 Å². The van der Waals surface area contributed by atoms with Crippen molar-refractivity contribution in [2.45, 2.75) is 19.4 Å². The number of piperidine rings is 1. The summed E-state index contributed by atoms with van der Waals surface area (Å²) in [6, 6.07) is 3.31. The molecule has 2 aromatic heterocycles. The van der Waals surface area contributed by atoms with Gasteiger partial charge in [0.1, 0.15) is 16.5 Å². The van der Waals surface area contributed by atoms with E-state index in [1.165, 1.54) is 17.5 Å². The number of nitrogens with one attached hydrogen (secondary N) is 1. The molecule has 1 aliphatic rings. The largest absolute Gasteiger partial charge is 0.336 e. The normalized spacial score (nSPS) is 17.4. The van der Waals surface area contributed by atoms with Crippen molar-refractivity contribution in [1.29, 1.82) is 0 Å². The molecule has 1 saturated heterocycles. The van der Waals surface area contributed by atoms with Gasteiger partial charge in [0.25, 0.3) is 5.91 Å². The Balaban J connectivity index is 1.62. The molecule has 1 unspecified atom stereocenters. The highest BCUT2D eigenvalue weighted by Gasteiger charge is 2.30. The molecule has 2 aromatic rings. The van der Waals surface area contributed by atoms with E-state index >= 15 is 0 Å². The molecule has 1 fully saturated rings. The first-order valence-electron chi connectivity index (χ1n) is 7.93. The number of carbonyl (C=O) groups is 2. The monoisotopic (exact) mass is 379 g/mol. The lowest BCUT2D eigenvalue weighted by molar-refractivity contribution is -0.121. The fourth-order valence-corrected chi connectivity index (χ4v) is 3.48. The van der Waals surface area contributed by atoms with Crippen molar-refractivity contribution in [3.63, 3.8) is 0 Å². The summed E-state index contributed by atoms with van der Waals surface area (Å²) < 4.78 is 0. The highest BCUT2D eigenvalue weighted by atomic mass is 35.5. The number of nitrogens with zero attached hydrogens (tertiary/aromatic N) is 3. The van der Waals surface area contributed by atoms with E-state index in [9.17, 15) is 9.59 Å². The molecule has 0 saturated carbocycles. The lowest BCUT2D eigenvalue weighted by atomic mass is 9.97. The Bertz CT molecular complexity index is 764. The Morgan fingerprint density at radius 3 is 2.96 bits per heavy atom. The van der Waals surface area contributed by atoms with Crippen LogP contribution in [-0.2, 0) is 11.3 Å². The van der Waals surface area contributed by atoms with Crippen LogP contribution in [0.25, 0.3) is 0 Å². The molecule has 3 heterocycles. The number of likely N-dealkylation sites (tertiary alicyclic amines) is 1. The van der Waals surface area contributed by atoms with Crippen LogP contribution in [0.5, 0.6) is 0 Å². The predicted molar refractivity (Wildman–Crippen MR) is 96.5 cm³/mol. The number of amides is 2. The van der Waals surface area contributed by atoms with Gasteiger partial charge in [0.2, 0.25) is 5.91 Å². The number of anilines is 1. The van der Waals surface area contributed by atoms with Crippen LogP contribution in [-0.4, -0.2) is 39.8 Å². The number of nitrogens with two attached hydrogens (primary N) is 1. The molecule has 3 rings (SSSR count). The number of carbonyl (C=O) groups excluding carboxylic acids is 2. The molecule has 25 heavy (non-hydrogen) atoms. The third-order valence-electron chi connectivity index (χ3n) is 4.00. The third kappa shape index (κ3) is 4.33. The Morgan fingerprint density at radius 2 is 2.28 bits per heavy atom. The van der Waals surface area contributed by atoms with Crippen LogP contribution in [0.3, 0.4) is 0 Å². The summed E-state index contributed by atoms with van der Waals surface area (Å²) in [7, 11) is 0. The summed E-state index contributed by atoms with van der Waals surface area (Å²) in [4.78, 5) is 35.0. The molecule has 1 aliphatic heterocycles. The third-order valence-corrected chi connectivity index (χ3v) is 5.10. The van der Waals surface area contributed by atoms with Gasteiger partial charge in [0.15, 0.2) is 0 Å². The van der Waals surface area contributed by atoms with Crippen LogP contribution in [0.2, 0.25) is 5.02 Å². The van der Waals surface area contributed by atoms with E-state index in [0.717, 1.165) is 17.8 Å². The maximum Gasteiger partial charge on any atom is 0.273 e. The number of hydrogen-bond donors (Lipinski definition) is 2. The Labute approximate surface area is 154 Å². The summed E-state index contributed by atoms with van der Waals surface area (Å²) in [6.07, 6.45) is 2.98. The van der Waals surface area contributed by atoms with Gasteiger partial charge in [0.05, 0.1) is 10.9 Å². The molecule has 1 atom stereocenters. The second-order valence-corrected chi connectivity index (χ2v) is 7.15. The van der Waals surface area contributed by atoms with E-state index < -0.39 is 0 Å². The van der Waals surface area contributed by atoms with Gasteiger partial charge in [-0.25, -0.2) is 9.97 Å². The number of pyridine rings is 1. The number of hydrogen-bond acceptors (Lipinski definition) is 6. The first-order chi connectivity index (χ1) is 12.1. The average Bonchev–Trinajstić information content (AvgIpc) is 3.12. The van der Waals surface area contributed by atoms with Gasteiger partial charge in [-0.05, 0) is 25.0 Å². The molecule has 132 valence electrons. The first-order valence-corrected chi connectivity index (χ1v) is 9.18. The van der Waals surface area contributed by atoms with E-state index in [1.54, 1.807) is 22.4 Å². The van der Waals surface area contributed by atoms with Crippen LogP contribution in [0, 0.1) is 5.92 Å². The summed E-state index contributed by atoms with van der Waals surface area (Å²) in [5.74, 6) is -0.126. The highest BCUT2D eigenvalue weighted by molar-refractivity contribution is 7.09. The molecule has 0 spiro atoms. The summed E-state index contributed by atoms with van der Waals surface area (Å²) in [5.41, 5.74) is 5.94. The van der Waals surface area contributed by atoms with Crippen LogP contribution in [0.15, 0.2) is 23.7 Å². The molecule has 0 aromatic carbocycles. The van der Waals surface area contributed by atoms with Crippen LogP contribution >= 0.6 is 22.9 Å². The standard InChI is InChI=1S/C16H18ClN5O2S/c17-11-3-4-13(19-7-11)21-15(23)10-2-1-5-22(8-10)16(24)12-9-25-14(6-18)20-12/h3-4,7,9-10H,1-2,5-6,8,18H2,(H,19,21,23). The van der Waals surface area contributed by atoms with Gasteiger partial charge in [0, 0.05) is 31.2 Å². The zero-order valence-corrected chi connectivity index (χ0v) is 15.0. The van der Waals surface area contributed by atoms with Gasteiger partial charge in [-0.1, -0.05) is 11.6 Å². The average molecular weight is 380 g/mol. The van der Waals surface area contributed by atoms with Crippen molar-refractivity contribution in [2.24, 2.45) is 11.7 Å². The van der Waals surface area contributed by atoms with E-state index in [0.29, 0.717) is 36.2 Å². The van der Waals surface area contributed by atoms with E-state index in [4.69, 9.17) is 17.3 Å². The van der Waals surface area contributed by atoms with Crippen molar-refractivity contribution in [1.82, 2.24) is 14.9 Å². The summed E-state index contributed by atoms with van der Waals surface area (Å²) in [6.45, 7) is 1.31. The Morgan fingerprint density at radius 1 is 1.44 bits per heavy atom. The molecule has 0 aliphatic carbocycles. The second kappa shape index (κ2) is 7.90. The molecular weight excluding hydrogens is 362 g/mol. The van der Waals surface area contributed by atoms with E-state index in [1.807, 2.05) is 0 Å². The summed E-state index contributed by atoms with van der Waals surface area (Å²) >= 11 is 7.16. The van der Waals surface area contributed by atoms with Crippen molar-refractivity contribution in [2.75, 3.05) is 18.4 Å². The Kier molecular flexibility index (Phi) is 5.62. The van der Waals surface area contributed by atoms with Gasteiger partial charge in [-0.3, -0.25) is 9.59 Å². The van der Waals surface area contributed by atoms with Crippen LogP contribution in [0.1, 0.15) is 28.3 Å². The fraction of sp³-hybridized carbons (Fsp3) is 0.375. The molecule has 9 heteroatoms. The fourth-order valence-electron chi connectivity index (χ4n) is 2.72. The topological polar surface area (TPSA) is 101 Å². The number of rotatable bonds is 4. The minimum absolute atomic E-state index is 0.145. The molecule has 3 N–H and O–H groups in total. The van der Waals surface area contributed by atoms with Crippen LogP contribution < -0.4 is 11.1 Å². The smallest absolute Gasteiger partial charge is 0.273 e. The van der Waals surface area contributed by atoms with E-state index in [-0.39, 0.29) is 17.7 Å². The molecular formula is C16H18ClN5O2S. The van der Waals surface area contributed by atoms with Gasteiger partial charge in [-0.2, -0.15) is 0 Å². The predicted octanol–water partition coefficient (Wildman–Crippen LogP) is 2.14. The second-order valence-electron chi connectivity index (χ2n) is 5.77.